The van der Waals surface area contributed by atoms with E-state index in [0.717, 1.165) is 28.7 Å². The fourth-order valence-electron chi connectivity index (χ4n) is 3.96. The largest absolute Gasteiger partial charge is 0.465 e. The topological polar surface area (TPSA) is 98.5 Å². The lowest BCUT2D eigenvalue weighted by Crippen LogP contribution is -2.31. The summed E-state index contributed by atoms with van der Waals surface area (Å²) >= 11 is 3.04. The van der Waals surface area contributed by atoms with Crippen LogP contribution in [0.3, 0.4) is 0 Å². The van der Waals surface area contributed by atoms with E-state index in [1.165, 1.54) is 28.6 Å². The van der Waals surface area contributed by atoms with Crippen LogP contribution in [0, 0.1) is 11.3 Å². The van der Waals surface area contributed by atoms with Crippen LogP contribution in [0.2, 0.25) is 0 Å². The lowest BCUT2D eigenvalue weighted by molar-refractivity contribution is -0.143. The number of aromatic nitrogens is 4. The Balaban J connectivity index is 1.52. The molecule has 0 aromatic carbocycles. The molecule has 4 rings (SSSR count). The van der Waals surface area contributed by atoms with Crippen molar-refractivity contribution in [3.05, 3.63) is 16.8 Å². The molecule has 0 spiro atoms. The number of rotatable bonds is 6. The van der Waals surface area contributed by atoms with Crippen molar-refractivity contribution in [1.29, 1.82) is 0 Å². The van der Waals surface area contributed by atoms with Crippen LogP contribution in [0.4, 0.5) is 0 Å². The zero-order valence-electron chi connectivity index (χ0n) is 18.2. The molecule has 0 saturated heterocycles. The van der Waals surface area contributed by atoms with Crippen LogP contribution in [0.15, 0.2) is 11.5 Å². The third-order valence-electron chi connectivity index (χ3n) is 5.72. The fourth-order valence-corrected chi connectivity index (χ4v) is 5.95. The molecule has 0 saturated carbocycles. The Bertz CT molecular complexity index is 1130. The molecule has 0 bridgehead atoms. The highest BCUT2D eigenvalue weighted by Gasteiger charge is 2.31. The number of esters is 1. The van der Waals surface area contributed by atoms with Crippen molar-refractivity contribution >= 4 is 50.8 Å². The number of hydrogen-bond donors (Lipinski definition) is 1. The van der Waals surface area contributed by atoms with Crippen molar-refractivity contribution in [1.82, 2.24) is 24.9 Å². The van der Waals surface area contributed by atoms with Crippen LogP contribution < -0.4 is 5.32 Å². The molecule has 1 aliphatic rings. The van der Waals surface area contributed by atoms with Gasteiger partial charge in [-0.05, 0) is 43.1 Å². The summed E-state index contributed by atoms with van der Waals surface area (Å²) in [6, 6.07) is 0. The summed E-state index contributed by atoms with van der Waals surface area (Å²) in [7, 11) is 0. The number of aryl methyl sites for hydroxylation is 1. The van der Waals surface area contributed by atoms with E-state index >= 15 is 0 Å². The Kier molecular flexibility index (Phi) is 6.20. The Labute approximate surface area is 189 Å². The molecular formula is C21H27N5O3S2. The van der Waals surface area contributed by atoms with Crippen molar-refractivity contribution in [3.63, 3.8) is 0 Å². The van der Waals surface area contributed by atoms with E-state index in [0.29, 0.717) is 23.1 Å². The van der Waals surface area contributed by atoms with Gasteiger partial charge in [-0.2, -0.15) is 0 Å². The van der Waals surface area contributed by atoms with E-state index < -0.39 is 5.97 Å². The van der Waals surface area contributed by atoms with E-state index in [-0.39, 0.29) is 18.2 Å². The highest BCUT2D eigenvalue weighted by Crippen LogP contribution is 2.43. The minimum Gasteiger partial charge on any atom is -0.465 e. The summed E-state index contributed by atoms with van der Waals surface area (Å²) < 4.78 is 6.67. The van der Waals surface area contributed by atoms with Crippen LogP contribution >= 0.6 is 23.1 Å². The van der Waals surface area contributed by atoms with E-state index in [1.54, 1.807) is 24.6 Å². The Morgan fingerprint density at radius 1 is 1.35 bits per heavy atom. The second-order valence-electron chi connectivity index (χ2n) is 8.78. The van der Waals surface area contributed by atoms with E-state index in [9.17, 15) is 9.59 Å². The molecule has 1 atom stereocenters. The van der Waals surface area contributed by atoms with Crippen LogP contribution in [0.25, 0.3) is 15.9 Å². The molecule has 10 heteroatoms. The first-order valence-corrected chi connectivity index (χ1v) is 12.3. The van der Waals surface area contributed by atoms with Crippen molar-refractivity contribution in [3.8, 4) is 0 Å². The van der Waals surface area contributed by atoms with Crippen LogP contribution in [0.1, 0.15) is 44.6 Å². The van der Waals surface area contributed by atoms with Crippen molar-refractivity contribution in [2.24, 2.45) is 11.3 Å². The van der Waals surface area contributed by atoms with Crippen LogP contribution in [0.5, 0.6) is 0 Å². The number of carbonyl (C=O) groups is 2. The third-order valence-corrected chi connectivity index (χ3v) is 7.82. The number of nitrogens with one attached hydrogen (secondary N) is 1. The predicted octanol–water partition coefficient (Wildman–Crippen LogP) is 3.26. The standard InChI is InChI=1S/C21H27N5O3S2/c1-5-29-16(28)9-22-15(27)10-30-20-25-24-18-17-13-7-6-12(21(2,3)4)8-14(13)31-19(17)23-11-26(18)20/h11-12H,5-10H2,1-4H3,(H,22,27)/t12-/m0/s1. The first-order valence-electron chi connectivity index (χ1n) is 10.5. The zero-order chi connectivity index (χ0) is 22.2. The number of thiophene rings is 1. The maximum Gasteiger partial charge on any atom is 0.325 e. The molecule has 0 fully saturated rings. The number of hydrogen-bond acceptors (Lipinski definition) is 8. The van der Waals surface area contributed by atoms with Gasteiger partial charge >= 0.3 is 5.97 Å². The first-order chi connectivity index (χ1) is 14.8. The summed E-state index contributed by atoms with van der Waals surface area (Å²) in [6.45, 7) is 8.84. The summed E-state index contributed by atoms with van der Waals surface area (Å²) in [4.78, 5) is 30.5. The van der Waals surface area contributed by atoms with Gasteiger partial charge in [0.15, 0.2) is 10.8 Å². The number of ether oxygens (including phenoxy) is 1. The van der Waals surface area contributed by atoms with Gasteiger partial charge in [0.1, 0.15) is 17.7 Å². The molecule has 0 aliphatic heterocycles. The molecule has 3 aromatic heterocycles. The van der Waals surface area contributed by atoms with Crippen molar-refractivity contribution in [2.45, 2.75) is 52.1 Å². The number of nitrogens with zero attached hydrogens (tertiary/aromatic N) is 4. The number of thioether (sulfide) groups is 1. The number of amides is 1. The fraction of sp³-hybridized carbons (Fsp3) is 0.571. The molecule has 1 aliphatic carbocycles. The SMILES string of the molecule is CCOC(=O)CNC(=O)CSc1nnc2c3c4c(sc3ncn12)C[C@@H](C(C)(C)C)CC4. The van der Waals surface area contributed by atoms with Gasteiger partial charge in [-0.25, -0.2) is 4.98 Å². The Morgan fingerprint density at radius 3 is 2.90 bits per heavy atom. The van der Waals surface area contributed by atoms with Gasteiger partial charge in [0, 0.05) is 4.88 Å². The number of carbonyl (C=O) groups excluding carboxylic acids is 2. The second-order valence-corrected chi connectivity index (χ2v) is 10.8. The van der Waals surface area contributed by atoms with E-state index in [1.807, 2.05) is 4.40 Å². The van der Waals surface area contributed by atoms with Crippen LogP contribution in [-0.2, 0) is 27.2 Å². The molecule has 0 radical (unpaired) electrons. The summed E-state index contributed by atoms with van der Waals surface area (Å²) in [5.74, 6) is 0.0928. The molecule has 1 N–H and O–H groups in total. The smallest absolute Gasteiger partial charge is 0.325 e. The van der Waals surface area contributed by atoms with E-state index in [4.69, 9.17) is 4.74 Å². The number of fused-ring (bicyclic) bond motifs is 5. The average Bonchev–Trinajstić information content (AvgIpc) is 3.30. The van der Waals surface area contributed by atoms with Gasteiger partial charge in [-0.15, -0.1) is 21.5 Å². The van der Waals surface area contributed by atoms with Gasteiger partial charge in [0.25, 0.3) is 0 Å². The molecule has 8 nitrogen and oxygen atoms in total. The summed E-state index contributed by atoms with van der Waals surface area (Å²) in [5.41, 5.74) is 2.45. The van der Waals surface area contributed by atoms with Gasteiger partial charge in [0.2, 0.25) is 5.91 Å². The maximum atomic E-state index is 12.0. The highest BCUT2D eigenvalue weighted by atomic mass is 32.2. The van der Waals surface area contributed by atoms with Crippen LogP contribution in [-0.4, -0.2) is 50.4 Å². The molecule has 0 unspecified atom stereocenters. The van der Waals surface area contributed by atoms with Gasteiger partial charge < -0.3 is 10.1 Å². The second kappa shape index (κ2) is 8.74. The van der Waals surface area contributed by atoms with Gasteiger partial charge in [-0.3, -0.25) is 14.0 Å². The maximum absolute atomic E-state index is 12.0. The summed E-state index contributed by atoms with van der Waals surface area (Å²) in [5, 5.41) is 13.0. The lowest BCUT2D eigenvalue weighted by Gasteiger charge is -2.33. The Hall–Kier alpha value is -2.20. The molecule has 31 heavy (non-hydrogen) atoms. The molecule has 3 aromatic rings. The Morgan fingerprint density at radius 2 is 2.16 bits per heavy atom. The first kappa shape index (κ1) is 22.0. The van der Waals surface area contributed by atoms with Gasteiger partial charge in [0.05, 0.1) is 17.7 Å². The molecular weight excluding hydrogens is 434 g/mol. The third kappa shape index (κ3) is 4.55. The predicted molar refractivity (Wildman–Crippen MR) is 122 cm³/mol. The van der Waals surface area contributed by atoms with Gasteiger partial charge in [-0.1, -0.05) is 32.5 Å². The highest BCUT2D eigenvalue weighted by molar-refractivity contribution is 7.99. The van der Waals surface area contributed by atoms with E-state index in [2.05, 4.69) is 41.3 Å². The van der Waals surface area contributed by atoms with Crippen molar-refractivity contribution < 1.29 is 14.3 Å². The van der Waals surface area contributed by atoms with Crippen molar-refractivity contribution in [2.75, 3.05) is 18.9 Å². The molecule has 3 heterocycles. The molecule has 166 valence electrons. The quantitative estimate of drug-likeness (QED) is 0.444. The minimum atomic E-state index is -0.448. The average molecular weight is 462 g/mol. The zero-order valence-corrected chi connectivity index (χ0v) is 19.9. The summed E-state index contributed by atoms with van der Waals surface area (Å²) in [6.07, 6.45) is 5.02. The lowest BCUT2D eigenvalue weighted by atomic mass is 9.72. The minimum absolute atomic E-state index is 0.132. The molecule has 1 amide bonds. The normalized spacial score (nSPS) is 16.5. The monoisotopic (exact) mass is 461 g/mol.